The summed E-state index contributed by atoms with van der Waals surface area (Å²) < 4.78 is 6.59. The number of amides is 1. The van der Waals surface area contributed by atoms with Crippen molar-refractivity contribution in [2.75, 3.05) is 6.54 Å². The van der Waals surface area contributed by atoms with Gasteiger partial charge in [-0.1, -0.05) is 33.2 Å². The van der Waals surface area contributed by atoms with E-state index in [0.717, 1.165) is 9.04 Å². The van der Waals surface area contributed by atoms with Crippen LogP contribution in [-0.4, -0.2) is 22.2 Å². The van der Waals surface area contributed by atoms with E-state index in [1.54, 1.807) is 18.2 Å². The molecule has 1 N–H and O–H groups in total. The number of nitriles is 1. The molecule has 0 aliphatic heterocycles. The number of hydrogen-bond donors (Lipinski definition) is 1. The first kappa shape index (κ1) is 15.0. The maximum Gasteiger partial charge on any atom is 0.442 e. The van der Waals surface area contributed by atoms with Gasteiger partial charge in [0.05, 0.1) is 12.5 Å². The maximum atomic E-state index is 11.7. The largest absolute Gasteiger partial charge is 0.442 e. The Balaban J connectivity index is 2.21. The van der Waals surface area contributed by atoms with Crippen molar-refractivity contribution >= 4 is 21.8 Å². The molecule has 7 nitrogen and oxygen atoms in total. The number of rotatable bonds is 5. The first-order valence-corrected chi connectivity index (χ1v) is 6.87. The van der Waals surface area contributed by atoms with Crippen LogP contribution >= 0.6 is 15.9 Å². The van der Waals surface area contributed by atoms with E-state index in [-0.39, 0.29) is 31.2 Å². The summed E-state index contributed by atoms with van der Waals surface area (Å²) in [7, 11) is 0. The van der Waals surface area contributed by atoms with E-state index in [4.69, 9.17) is 5.26 Å². The lowest BCUT2D eigenvalue weighted by atomic mass is 10.2. The van der Waals surface area contributed by atoms with E-state index in [0.29, 0.717) is 5.56 Å². The number of benzene rings is 1. The Morgan fingerprint density at radius 3 is 3.05 bits per heavy atom. The molecule has 1 aromatic heterocycles. The highest BCUT2D eigenvalue weighted by atomic mass is 79.9. The summed E-state index contributed by atoms with van der Waals surface area (Å²) in [5.74, 6) is -0.816. The molecule has 0 fully saturated rings. The van der Waals surface area contributed by atoms with Gasteiger partial charge in [-0.25, -0.2) is 9.36 Å². The second kappa shape index (κ2) is 6.85. The van der Waals surface area contributed by atoms with Gasteiger partial charge < -0.3 is 5.32 Å². The highest BCUT2D eigenvalue weighted by Crippen LogP contribution is 2.20. The van der Waals surface area contributed by atoms with Gasteiger partial charge in [-0.3, -0.25) is 9.32 Å². The molecular formula is C13H11BrN4O3. The monoisotopic (exact) mass is 350 g/mol. The van der Waals surface area contributed by atoms with E-state index in [1.165, 1.54) is 0 Å². The van der Waals surface area contributed by atoms with Crippen molar-refractivity contribution in [1.82, 2.24) is 15.0 Å². The summed E-state index contributed by atoms with van der Waals surface area (Å²) in [6, 6.07) is 9.06. The van der Waals surface area contributed by atoms with Gasteiger partial charge in [0.25, 0.3) is 0 Å². The van der Waals surface area contributed by atoms with Crippen molar-refractivity contribution in [3.63, 3.8) is 0 Å². The Bertz CT molecular complexity index is 744. The summed E-state index contributed by atoms with van der Waals surface area (Å²) >= 11 is 3.33. The fourth-order valence-electron chi connectivity index (χ4n) is 1.70. The Labute approximate surface area is 128 Å². The van der Waals surface area contributed by atoms with Gasteiger partial charge in [0, 0.05) is 16.6 Å². The van der Waals surface area contributed by atoms with Crippen LogP contribution in [0.1, 0.15) is 6.42 Å². The molecule has 1 heterocycles. The Hall–Kier alpha value is -2.40. The van der Waals surface area contributed by atoms with Gasteiger partial charge in [0.2, 0.25) is 5.91 Å². The molecule has 0 bridgehead atoms. The number of aromatic nitrogens is 2. The van der Waals surface area contributed by atoms with E-state index >= 15 is 0 Å². The van der Waals surface area contributed by atoms with Crippen molar-refractivity contribution < 1.29 is 9.32 Å². The van der Waals surface area contributed by atoms with Crippen LogP contribution in [0.15, 0.2) is 38.1 Å². The lowest BCUT2D eigenvalue weighted by Gasteiger charge is -2.05. The van der Waals surface area contributed by atoms with Crippen LogP contribution < -0.4 is 11.1 Å². The minimum Gasteiger partial charge on any atom is -0.354 e. The molecule has 21 heavy (non-hydrogen) atoms. The molecule has 108 valence electrons. The van der Waals surface area contributed by atoms with Crippen molar-refractivity contribution in [3.05, 3.63) is 39.3 Å². The lowest BCUT2D eigenvalue weighted by molar-refractivity contribution is -0.121. The molecule has 0 saturated carbocycles. The summed E-state index contributed by atoms with van der Waals surface area (Å²) in [5.41, 5.74) is 0.653. The molecule has 0 aliphatic rings. The maximum absolute atomic E-state index is 11.7. The average molecular weight is 351 g/mol. The van der Waals surface area contributed by atoms with Crippen LogP contribution in [0.5, 0.6) is 0 Å². The number of nitrogens with zero attached hydrogens (tertiary/aromatic N) is 3. The molecule has 8 heteroatoms. The van der Waals surface area contributed by atoms with Gasteiger partial charge in [0.15, 0.2) is 5.82 Å². The molecular weight excluding hydrogens is 340 g/mol. The fraction of sp³-hybridized carbons (Fsp3) is 0.231. The Morgan fingerprint density at radius 2 is 2.33 bits per heavy atom. The molecule has 0 unspecified atom stereocenters. The van der Waals surface area contributed by atoms with Crippen LogP contribution in [-0.2, 0) is 11.3 Å². The molecule has 1 amide bonds. The molecule has 1 aromatic carbocycles. The van der Waals surface area contributed by atoms with E-state index in [1.807, 2.05) is 12.1 Å². The van der Waals surface area contributed by atoms with Gasteiger partial charge >= 0.3 is 5.76 Å². The van der Waals surface area contributed by atoms with E-state index in [2.05, 4.69) is 30.9 Å². The third-order valence-electron chi connectivity index (χ3n) is 2.63. The minimum atomic E-state index is -0.708. The van der Waals surface area contributed by atoms with Crippen LogP contribution in [0.3, 0.4) is 0 Å². The number of halogens is 1. The number of carbonyl (C=O) groups excluding carboxylic acids is 1. The molecule has 0 saturated heterocycles. The molecule has 2 rings (SSSR count). The van der Waals surface area contributed by atoms with Crippen molar-refractivity contribution in [1.29, 1.82) is 5.26 Å². The minimum absolute atomic E-state index is 0.211. The van der Waals surface area contributed by atoms with E-state index < -0.39 is 5.76 Å². The van der Waals surface area contributed by atoms with Gasteiger partial charge in [-0.05, 0) is 12.1 Å². The van der Waals surface area contributed by atoms with Crippen LogP contribution in [0.4, 0.5) is 0 Å². The van der Waals surface area contributed by atoms with Crippen molar-refractivity contribution in [2.45, 2.75) is 13.0 Å². The van der Waals surface area contributed by atoms with Gasteiger partial charge in [-0.15, -0.1) is 0 Å². The smallest absolute Gasteiger partial charge is 0.354 e. The summed E-state index contributed by atoms with van der Waals surface area (Å²) in [5, 5.41) is 14.7. The van der Waals surface area contributed by atoms with Crippen molar-refractivity contribution in [2.24, 2.45) is 0 Å². The Kier molecular flexibility index (Phi) is 4.90. The molecule has 0 aliphatic carbocycles. The second-order valence-corrected chi connectivity index (χ2v) is 5.04. The molecule has 2 aromatic rings. The molecule has 0 atom stereocenters. The number of nitrogens with one attached hydrogen (secondary N) is 1. The predicted molar refractivity (Wildman–Crippen MR) is 77.1 cm³/mol. The van der Waals surface area contributed by atoms with Gasteiger partial charge in [0.1, 0.15) is 6.54 Å². The number of carbonyl (C=O) groups is 1. The lowest BCUT2D eigenvalue weighted by Crippen LogP contribution is -2.31. The van der Waals surface area contributed by atoms with Crippen molar-refractivity contribution in [3.8, 4) is 17.5 Å². The van der Waals surface area contributed by atoms with Crippen LogP contribution in [0.25, 0.3) is 11.4 Å². The normalized spacial score (nSPS) is 10.1. The SMILES string of the molecule is N#CCCNC(=O)Cn1c(-c2cccc(Br)c2)noc1=O. The third-order valence-corrected chi connectivity index (χ3v) is 3.12. The highest BCUT2D eigenvalue weighted by molar-refractivity contribution is 9.10. The predicted octanol–water partition coefficient (Wildman–Crippen LogP) is 1.30. The summed E-state index contributed by atoms with van der Waals surface area (Å²) in [4.78, 5) is 23.4. The first-order chi connectivity index (χ1) is 10.1. The summed E-state index contributed by atoms with van der Waals surface area (Å²) in [6.07, 6.45) is 0.211. The summed E-state index contributed by atoms with van der Waals surface area (Å²) in [6.45, 7) is 0.0250. The third kappa shape index (κ3) is 3.79. The van der Waals surface area contributed by atoms with Gasteiger partial charge in [-0.2, -0.15) is 5.26 Å². The number of hydrogen-bond acceptors (Lipinski definition) is 5. The zero-order valence-electron chi connectivity index (χ0n) is 10.9. The second-order valence-electron chi connectivity index (χ2n) is 4.13. The molecule has 0 spiro atoms. The zero-order chi connectivity index (χ0) is 15.2. The highest BCUT2D eigenvalue weighted by Gasteiger charge is 2.15. The molecule has 0 radical (unpaired) electrons. The fourth-order valence-corrected chi connectivity index (χ4v) is 2.10. The standard InChI is InChI=1S/C13H11BrN4O3/c14-10-4-1-3-9(7-10)12-17-21-13(20)18(12)8-11(19)16-6-2-5-15/h1,3-4,7H,2,6,8H2,(H,16,19). The quantitative estimate of drug-likeness (QED) is 0.819. The zero-order valence-corrected chi connectivity index (χ0v) is 12.5. The Morgan fingerprint density at radius 1 is 1.52 bits per heavy atom. The van der Waals surface area contributed by atoms with E-state index in [9.17, 15) is 9.59 Å². The van der Waals surface area contributed by atoms with Crippen LogP contribution in [0.2, 0.25) is 0 Å². The topological polar surface area (TPSA) is 101 Å². The first-order valence-electron chi connectivity index (χ1n) is 6.08. The average Bonchev–Trinajstić information content (AvgIpc) is 2.81. The van der Waals surface area contributed by atoms with Crippen LogP contribution in [0, 0.1) is 11.3 Å².